The van der Waals surface area contributed by atoms with Crippen molar-refractivity contribution in [2.24, 2.45) is 0 Å². The number of aromatic nitrogens is 4. The van der Waals surface area contributed by atoms with E-state index in [2.05, 4.69) is 107 Å². The van der Waals surface area contributed by atoms with Crippen LogP contribution in [0.5, 0.6) is 0 Å². The normalized spacial score (nSPS) is 11.3. The fraction of sp³-hybridized carbons (Fsp3) is 0. The van der Waals surface area contributed by atoms with Crippen LogP contribution >= 0.6 is 22.7 Å². The molecule has 6 heteroatoms. The van der Waals surface area contributed by atoms with E-state index in [0.717, 1.165) is 32.5 Å². The lowest BCUT2D eigenvalue weighted by Gasteiger charge is -2.16. The first-order valence-corrected chi connectivity index (χ1v) is 15.4. The average molecular weight is 575 g/mol. The van der Waals surface area contributed by atoms with Crippen molar-refractivity contribution in [2.45, 2.75) is 0 Å². The molecule has 4 aromatic carbocycles. The van der Waals surface area contributed by atoms with Crippen LogP contribution in [0.3, 0.4) is 0 Å². The number of pyridine rings is 2. The zero-order valence-corrected chi connectivity index (χ0v) is 23.9. The van der Waals surface area contributed by atoms with Gasteiger partial charge in [-0.15, -0.1) is 22.7 Å². The Hall–Kier alpha value is -5.04. The molecule has 4 aromatic heterocycles. The van der Waals surface area contributed by atoms with Gasteiger partial charge in [0.15, 0.2) is 0 Å². The zero-order chi connectivity index (χ0) is 27.9. The lowest BCUT2D eigenvalue weighted by molar-refractivity contribution is 1.29. The molecule has 0 radical (unpaired) electrons. The van der Waals surface area contributed by atoms with Crippen molar-refractivity contribution in [2.75, 3.05) is 0 Å². The van der Waals surface area contributed by atoms with Crippen LogP contribution in [0.15, 0.2) is 133 Å². The number of benzene rings is 4. The van der Waals surface area contributed by atoms with Crippen LogP contribution in [0.1, 0.15) is 0 Å². The summed E-state index contributed by atoms with van der Waals surface area (Å²) < 4.78 is 0. The zero-order valence-electron chi connectivity index (χ0n) is 22.3. The van der Waals surface area contributed by atoms with E-state index in [1.54, 1.807) is 22.7 Å². The van der Waals surface area contributed by atoms with E-state index in [4.69, 9.17) is 9.97 Å². The highest BCUT2D eigenvalue weighted by atomic mass is 32.1. The maximum Gasteiger partial charge on any atom is 0.141 e. The first-order chi connectivity index (χ1) is 20.8. The molecule has 0 aliphatic rings. The van der Waals surface area contributed by atoms with Crippen molar-refractivity contribution < 1.29 is 0 Å². The van der Waals surface area contributed by atoms with Gasteiger partial charge in [-0.3, -0.25) is 9.97 Å². The number of thiazole rings is 2. The molecule has 0 N–H and O–H groups in total. The molecule has 0 aliphatic carbocycles. The standard InChI is InChI=1S/C36H22N4S2/c1-3-7-29-27(5-1)25(23-9-15-33(39-21-23)35-37-17-19-41-35)11-13-31(29)32-14-12-26(28-6-2-4-8-30(28)32)24-10-16-34(40-22-24)36-38-18-20-42-36/h1-22H. The van der Waals surface area contributed by atoms with Gasteiger partial charge < -0.3 is 0 Å². The predicted octanol–water partition coefficient (Wildman–Crippen LogP) is 10.0. The minimum atomic E-state index is 0.897. The summed E-state index contributed by atoms with van der Waals surface area (Å²) in [6.07, 6.45) is 7.54. The third kappa shape index (κ3) is 4.29. The molecule has 4 nitrogen and oxygen atoms in total. The number of rotatable bonds is 5. The van der Waals surface area contributed by atoms with Crippen LogP contribution in [-0.2, 0) is 0 Å². The Morgan fingerprint density at radius 1 is 0.381 bits per heavy atom. The highest BCUT2D eigenvalue weighted by Crippen LogP contribution is 2.41. The van der Waals surface area contributed by atoms with Gasteiger partial charge in [-0.1, -0.05) is 84.9 Å². The van der Waals surface area contributed by atoms with E-state index in [-0.39, 0.29) is 0 Å². The summed E-state index contributed by atoms with van der Waals surface area (Å²) in [5.41, 5.74) is 8.73. The van der Waals surface area contributed by atoms with Crippen LogP contribution in [0.2, 0.25) is 0 Å². The van der Waals surface area contributed by atoms with E-state index in [9.17, 15) is 0 Å². The maximum atomic E-state index is 4.72. The van der Waals surface area contributed by atoms with Crippen LogP contribution in [0.25, 0.3) is 76.3 Å². The molecule has 42 heavy (non-hydrogen) atoms. The summed E-state index contributed by atoms with van der Waals surface area (Å²) in [6, 6.07) is 34.6. The molecule has 0 aliphatic heterocycles. The molecule has 0 spiro atoms. The molecular formula is C36H22N4S2. The SMILES string of the molecule is c1ccc2c(-c3ccc(-c4ccc(-c5nccs5)nc4)c4ccccc34)ccc(-c3ccc(-c4nccs4)nc3)c2c1. The number of hydrogen-bond donors (Lipinski definition) is 0. The second-order valence-electron chi connectivity index (χ2n) is 9.95. The summed E-state index contributed by atoms with van der Waals surface area (Å²) in [5.74, 6) is 0. The number of nitrogens with zero attached hydrogens (tertiary/aromatic N) is 4. The van der Waals surface area contributed by atoms with Crippen LogP contribution in [0.4, 0.5) is 0 Å². The molecule has 0 amide bonds. The quantitative estimate of drug-likeness (QED) is 0.205. The Labute approximate surface area is 250 Å². The van der Waals surface area contributed by atoms with Crippen LogP contribution in [0, 0.1) is 0 Å². The van der Waals surface area contributed by atoms with E-state index < -0.39 is 0 Å². The minimum absolute atomic E-state index is 0.897. The average Bonchev–Trinajstić information content (AvgIpc) is 3.80. The Balaban J connectivity index is 1.23. The molecule has 0 bridgehead atoms. The van der Waals surface area contributed by atoms with Gasteiger partial charge in [0.25, 0.3) is 0 Å². The minimum Gasteiger partial charge on any atom is -0.253 e. The Kier molecular flexibility index (Phi) is 6.13. The lowest BCUT2D eigenvalue weighted by Crippen LogP contribution is -1.90. The summed E-state index contributed by atoms with van der Waals surface area (Å²) in [4.78, 5) is 18.2. The lowest BCUT2D eigenvalue weighted by atomic mass is 9.88. The van der Waals surface area contributed by atoms with Crippen molar-refractivity contribution in [3.63, 3.8) is 0 Å². The van der Waals surface area contributed by atoms with Crippen molar-refractivity contribution in [1.82, 2.24) is 19.9 Å². The largest absolute Gasteiger partial charge is 0.253 e. The van der Waals surface area contributed by atoms with Gasteiger partial charge in [0, 0.05) is 46.7 Å². The second-order valence-corrected chi connectivity index (χ2v) is 11.7. The van der Waals surface area contributed by atoms with Crippen molar-refractivity contribution >= 4 is 44.2 Å². The summed E-state index contributed by atoms with van der Waals surface area (Å²) in [6.45, 7) is 0. The fourth-order valence-electron chi connectivity index (χ4n) is 5.63. The van der Waals surface area contributed by atoms with Crippen LogP contribution in [-0.4, -0.2) is 19.9 Å². The topological polar surface area (TPSA) is 51.6 Å². The molecular weight excluding hydrogens is 553 g/mol. The first kappa shape index (κ1) is 24.7. The van der Waals surface area contributed by atoms with Gasteiger partial charge in [-0.25, -0.2) is 9.97 Å². The van der Waals surface area contributed by atoms with Crippen molar-refractivity contribution in [3.05, 3.63) is 133 Å². The summed E-state index contributed by atoms with van der Waals surface area (Å²) in [5, 5.41) is 10.7. The van der Waals surface area contributed by atoms with E-state index >= 15 is 0 Å². The van der Waals surface area contributed by atoms with E-state index in [1.807, 2.05) is 35.5 Å². The molecule has 4 heterocycles. The smallest absolute Gasteiger partial charge is 0.141 e. The van der Waals surface area contributed by atoms with Crippen LogP contribution < -0.4 is 0 Å². The maximum absolute atomic E-state index is 4.72. The third-order valence-corrected chi connectivity index (χ3v) is 9.18. The molecule has 0 unspecified atom stereocenters. The predicted molar refractivity (Wildman–Crippen MR) is 176 cm³/mol. The van der Waals surface area contributed by atoms with E-state index in [0.29, 0.717) is 0 Å². The first-order valence-electron chi connectivity index (χ1n) is 13.6. The fourth-order valence-corrected chi connectivity index (χ4v) is 6.86. The van der Waals surface area contributed by atoms with Gasteiger partial charge in [-0.2, -0.15) is 0 Å². The van der Waals surface area contributed by atoms with Crippen molar-refractivity contribution in [3.8, 4) is 54.8 Å². The monoisotopic (exact) mass is 574 g/mol. The van der Waals surface area contributed by atoms with E-state index in [1.165, 1.54) is 43.8 Å². The third-order valence-electron chi connectivity index (χ3n) is 7.59. The Bertz CT molecular complexity index is 2010. The Morgan fingerprint density at radius 2 is 0.786 bits per heavy atom. The molecule has 8 rings (SSSR count). The number of hydrogen-bond acceptors (Lipinski definition) is 6. The van der Waals surface area contributed by atoms with Gasteiger partial charge in [-0.05, 0) is 55.9 Å². The Morgan fingerprint density at radius 3 is 1.14 bits per heavy atom. The van der Waals surface area contributed by atoms with Gasteiger partial charge in [0.2, 0.25) is 0 Å². The van der Waals surface area contributed by atoms with Gasteiger partial charge >= 0.3 is 0 Å². The molecule has 8 aromatic rings. The van der Waals surface area contributed by atoms with Gasteiger partial charge in [0.1, 0.15) is 10.0 Å². The van der Waals surface area contributed by atoms with Gasteiger partial charge in [0.05, 0.1) is 11.4 Å². The molecule has 0 saturated carbocycles. The second kappa shape index (κ2) is 10.4. The number of fused-ring (bicyclic) bond motifs is 2. The van der Waals surface area contributed by atoms with Crippen molar-refractivity contribution in [1.29, 1.82) is 0 Å². The molecule has 0 saturated heterocycles. The highest BCUT2D eigenvalue weighted by molar-refractivity contribution is 7.13. The molecule has 0 fully saturated rings. The highest BCUT2D eigenvalue weighted by Gasteiger charge is 2.15. The molecule has 0 atom stereocenters. The molecule has 198 valence electrons. The summed E-state index contributed by atoms with van der Waals surface area (Å²) in [7, 11) is 0. The summed E-state index contributed by atoms with van der Waals surface area (Å²) >= 11 is 3.20.